The molecule has 0 aliphatic heterocycles. The number of alkyl halides is 1. The third kappa shape index (κ3) is 3.23. The standard InChI is InChI=1S/C15H18FN3O/c1-10-13(9-17-14(18-10)20-4)19-12-7-5-11(6-8-12)15(2,3)16/h5-9,19H,1-4H3. The lowest BCUT2D eigenvalue weighted by Crippen LogP contribution is -2.08. The van der Waals surface area contributed by atoms with Gasteiger partial charge in [0.25, 0.3) is 0 Å². The van der Waals surface area contributed by atoms with E-state index in [4.69, 9.17) is 4.74 Å². The summed E-state index contributed by atoms with van der Waals surface area (Å²) in [5.41, 5.74) is 1.74. The Bertz CT molecular complexity index is 591. The van der Waals surface area contributed by atoms with Gasteiger partial charge in [0.2, 0.25) is 0 Å². The van der Waals surface area contributed by atoms with Crippen molar-refractivity contribution < 1.29 is 9.13 Å². The average molecular weight is 275 g/mol. The van der Waals surface area contributed by atoms with E-state index >= 15 is 0 Å². The number of hydrogen-bond acceptors (Lipinski definition) is 4. The minimum absolute atomic E-state index is 0.336. The largest absolute Gasteiger partial charge is 0.467 e. The van der Waals surface area contributed by atoms with Gasteiger partial charge in [-0.25, -0.2) is 9.37 Å². The van der Waals surface area contributed by atoms with E-state index in [1.54, 1.807) is 18.3 Å². The highest BCUT2D eigenvalue weighted by molar-refractivity contribution is 5.61. The molecule has 2 aromatic rings. The summed E-state index contributed by atoms with van der Waals surface area (Å²) in [6.45, 7) is 4.94. The monoisotopic (exact) mass is 275 g/mol. The third-order valence-electron chi connectivity index (χ3n) is 2.99. The maximum Gasteiger partial charge on any atom is 0.316 e. The molecule has 0 fully saturated rings. The van der Waals surface area contributed by atoms with Gasteiger partial charge in [0.05, 0.1) is 24.7 Å². The Labute approximate surface area is 118 Å². The molecule has 4 nitrogen and oxygen atoms in total. The van der Waals surface area contributed by atoms with Gasteiger partial charge < -0.3 is 10.1 Å². The van der Waals surface area contributed by atoms with Gasteiger partial charge in [0.1, 0.15) is 5.67 Å². The SMILES string of the molecule is COc1ncc(Nc2ccc(C(C)(C)F)cc2)c(C)n1. The number of nitrogens with one attached hydrogen (secondary N) is 1. The van der Waals surface area contributed by atoms with Crippen molar-refractivity contribution in [2.75, 3.05) is 12.4 Å². The van der Waals surface area contributed by atoms with Crippen LogP contribution in [0, 0.1) is 6.92 Å². The van der Waals surface area contributed by atoms with Crippen molar-refractivity contribution in [3.05, 3.63) is 41.7 Å². The minimum atomic E-state index is -1.34. The number of nitrogens with zero attached hydrogens (tertiary/aromatic N) is 2. The van der Waals surface area contributed by atoms with E-state index in [1.165, 1.54) is 21.0 Å². The lowest BCUT2D eigenvalue weighted by molar-refractivity contribution is 0.221. The van der Waals surface area contributed by atoms with Crippen molar-refractivity contribution in [2.45, 2.75) is 26.4 Å². The van der Waals surface area contributed by atoms with E-state index in [0.717, 1.165) is 17.1 Å². The van der Waals surface area contributed by atoms with Crippen LogP contribution in [-0.2, 0) is 5.67 Å². The quantitative estimate of drug-likeness (QED) is 0.923. The molecular weight excluding hydrogens is 257 g/mol. The zero-order valence-electron chi connectivity index (χ0n) is 12.1. The van der Waals surface area contributed by atoms with E-state index in [1.807, 2.05) is 19.1 Å². The first-order valence-electron chi connectivity index (χ1n) is 6.34. The molecule has 1 aromatic heterocycles. The molecule has 0 bridgehead atoms. The lowest BCUT2D eigenvalue weighted by atomic mass is 10.0. The van der Waals surface area contributed by atoms with E-state index in [-0.39, 0.29) is 0 Å². The first-order chi connectivity index (χ1) is 9.40. The first-order valence-corrected chi connectivity index (χ1v) is 6.34. The van der Waals surface area contributed by atoms with Gasteiger partial charge in [-0.15, -0.1) is 0 Å². The van der Waals surface area contributed by atoms with Gasteiger partial charge in [-0.3, -0.25) is 0 Å². The lowest BCUT2D eigenvalue weighted by Gasteiger charge is -2.15. The van der Waals surface area contributed by atoms with Crippen LogP contribution in [0.2, 0.25) is 0 Å². The van der Waals surface area contributed by atoms with Gasteiger partial charge in [-0.1, -0.05) is 12.1 Å². The molecule has 2 rings (SSSR count). The average Bonchev–Trinajstić information content (AvgIpc) is 2.40. The molecular formula is C15H18FN3O. The second kappa shape index (κ2) is 5.45. The Hall–Kier alpha value is -2.17. The maximum absolute atomic E-state index is 13.8. The van der Waals surface area contributed by atoms with Crippen LogP contribution >= 0.6 is 0 Å². The molecule has 106 valence electrons. The second-order valence-corrected chi connectivity index (χ2v) is 5.03. The van der Waals surface area contributed by atoms with Gasteiger partial charge in [-0.05, 0) is 38.5 Å². The Morgan fingerprint density at radius 2 is 1.85 bits per heavy atom. The molecule has 0 saturated heterocycles. The van der Waals surface area contributed by atoms with Crippen molar-refractivity contribution in [2.24, 2.45) is 0 Å². The van der Waals surface area contributed by atoms with Crippen LogP contribution in [0.1, 0.15) is 25.1 Å². The summed E-state index contributed by atoms with van der Waals surface area (Å²) in [4.78, 5) is 8.24. The summed E-state index contributed by atoms with van der Waals surface area (Å²) in [5.74, 6) is 0. The summed E-state index contributed by atoms with van der Waals surface area (Å²) in [6, 6.07) is 7.53. The number of halogens is 1. The highest BCUT2D eigenvalue weighted by Gasteiger charge is 2.18. The molecule has 1 aromatic carbocycles. The Morgan fingerprint density at radius 1 is 1.20 bits per heavy atom. The molecule has 0 aliphatic carbocycles. The predicted molar refractivity (Wildman–Crippen MR) is 77.2 cm³/mol. The number of aromatic nitrogens is 2. The van der Waals surface area contributed by atoms with Crippen molar-refractivity contribution in [3.63, 3.8) is 0 Å². The number of ether oxygens (including phenoxy) is 1. The van der Waals surface area contributed by atoms with E-state index in [2.05, 4.69) is 15.3 Å². The second-order valence-electron chi connectivity index (χ2n) is 5.03. The van der Waals surface area contributed by atoms with Gasteiger partial charge in [0, 0.05) is 5.69 Å². The summed E-state index contributed by atoms with van der Waals surface area (Å²) in [6.07, 6.45) is 1.66. The van der Waals surface area contributed by atoms with E-state index in [0.29, 0.717) is 11.6 Å². The summed E-state index contributed by atoms with van der Waals surface area (Å²) >= 11 is 0. The van der Waals surface area contributed by atoms with Crippen molar-refractivity contribution >= 4 is 11.4 Å². The Kier molecular flexibility index (Phi) is 3.88. The van der Waals surface area contributed by atoms with Crippen molar-refractivity contribution in [1.82, 2.24) is 9.97 Å². The number of rotatable bonds is 4. The van der Waals surface area contributed by atoms with Crippen LogP contribution < -0.4 is 10.1 Å². The minimum Gasteiger partial charge on any atom is -0.467 e. The molecule has 0 unspecified atom stereocenters. The fourth-order valence-electron chi connectivity index (χ4n) is 1.77. The summed E-state index contributed by atoms with van der Waals surface area (Å²) < 4.78 is 18.7. The van der Waals surface area contributed by atoms with Crippen LogP contribution in [0.25, 0.3) is 0 Å². The highest BCUT2D eigenvalue weighted by atomic mass is 19.1. The molecule has 0 amide bonds. The molecule has 0 aliphatic rings. The molecule has 20 heavy (non-hydrogen) atoms. The van der Waals surface area contributed by atoms with Crippen LogP contribution in [0.15, 0.2) is 30.5 Å². The highest BCUT2D eigenvalue weighted by Crippen LogP contribution is 2.27. The third-order valence-corrected chi connectivity index (χ3v) is 2.99. The van der Waals surface area contributed by atoms with Crippen LogP contribution in [0.5, 0.6) is 6.01 Å². The zero-order valence-corrected chi connectivity index (χ0v) is 12.1. The first kappa shape index (κ1) is 14.2. The van der Waals surface area contributed by atoms with Crippen molar-refractivity contribution in [3.8, 4) is 6.01 Å². The maximum atomic E-state index is 13.8. The molecule has 0 saturated carbocycles. The summed E-state index contributed by atoms with van der Waals surface area (Å²) in [7, 11) is 1.53. The van der Waals surface area contributed by atoms with Gasteiger partial charge >= 0.3 is 6.01 Å². The molecule has 0 radical (unpaired) electrons. The summed E-state index contributed by atoms with van der Waals surface area (Å²) in [5, 5.41) is 3.20. The molecule has 0 spiro atoms. The number of aryl methyl sites for hydroxylation is 1. The smallest absolute Gasteiger partial charge is 0.316 e. The normalized spacial score (nSPS) is 11.2. The fourth-order valence-corrected chi connectivity index (χ4v) is 1.77. The number of hydrogen-bond donors (Lipinski definition) is 1. The predicted octanol–water partition coefficient (Wildman–Crippen LogP) is 3.74. The number of benzene rings is 1. The Morgan fingerprint density at radius 3 is 2.35 bits per heavy atom. The number of anilines is 2. The molecule has 5 heteroatoms. The molecule has 0 atom stereocenters. The molecule has 1 N–H and O–H groups in total. The van der Waals surface area contributed by atoms with E-state index in [9.17, 15) is 4.39 Å². The Balaban J connectivity index is 2.18. The zero-order chi connectivity index (χ0) is 14.8. The van der Waals surface area contributed by atoms with Gasteiger partial charge in [-0.2, -0.15) is 4.98 Å². The van der Waals surface area contributed by atoms with Crippen LogP contribution in [0.3, 0.4) is 0 Å². The molecule has 1 heterocycles. The van der Waals surface area contributed by atoms with Crippen LogP contribution in [0.4, 0.5) is 15.8 Å². The fraction of sp³-hybridized carbons (Fsp3) is 0.333. The number of methoxy groups -OCH3 is 1. The van der Waals surface area contributed by atoms with Crippen molar-refractivity contribution in [1.29, 1.82) is 0 Å². The topological polar surface area (TPSA) is 47.0 Å². The van der Waals surface area contributed by atoms with Crippen LogP contribution in [-0.4, -0.2) is 17.1 Å². The van der Waals surface area contributed by atoms with E-state index < -0.39 is 5.67 Å². The van der Waals surface area contributed by atoms with Gasteiger partial charge in [0.15, 0.2) is 0 Å².